The Balaban J connectivity index is 1.32. The lowest BCUT2D eigenvalue weighted by atomic mass is 10.2. The Hall–Kier alpha value is -2.69. The zero-order valence-electron chi connectivity index (χ0n) is 17.0. The minimum absolute atomic E-state index is 0.0889. The van der Waals surface area contributed by atoms with Gasteiger partial charge >= 0.3 is 0 Å². The molecule has 1 aromatic heterocycles. The second kappa shape index (κ2) is 9.21. The third-order valence-electron chi connectivity index (χ3n) is 5.52. The van der Waals surface area contributed by atoms with E-state index in [2.05, 4.69) is 4.72 Å². The molecule has 0 aliphatic carbocycles. The Morgan fingerprint density at radius 2 is 1.68 bits per heavy atom. The summed E-state index contributed by atoms with van der Waals surface area (Å²) < 4.78 is 38.1. The lowest BCUT2D eigenvalue weighted by Gasteiger charge is -2.34. The smallest absolute Gasteiger partial charge is 0.289 e. The molecule has 166 valence electrons. The van der Waals surface area contributed by atoms with Crippen molar-refractivity contribution < 1.29 is 27.2 Å². The van der Waals surface area contributed by atoms with Crippen molar-refractivity contribution in [2.45, 2.75) is 23.8 Å². The second-order valence-corrected chi connectivity index (χ2v) is 9.34. The summed E-state index contributed by atoms with van der Waals surface area (Å²) in [6, 6.07) is 9.18. The first-order chi connectivity index (χ1) is 14.9. The summed E-state index contributed by atoms with van der Waals surface area (Å²) in [7, 11) is -3.66. The molecule has 2 aliphatic rings. The summed E-state index contributed by atoms with van der Waals surface area (Å²) >= 11 is 0. The van der Waals surface area contributed by atoms with Crippen LogP contribution in [0.5, 0.6) is 0 Å². The van der Waals surface area contributed by atoms with Crippen LogP contribution >= 0.6 is 0 Å². The van der Waals surface area contributed by atoms with E-state index in [4.69, 9.17) is 9.15 Å². The molecule has 2 aromatic rings. The summed E-state index contributed by atoms with van der Waals surface area (Å²) in [6.45, 7) is 2.51. The SMILES string of the molecule is O=C(c1ccc(S(=O)(=O)NC[C@@H]2CCCO2)cc1)N1CCN(C(=O)c2ccco2)CC1. The minimum atomic E-state index is -3.66. The van der Waals surface area contributed by atoms with Gasteiger partial charge in [0.2, 0.25) is 10.0 Å². The van der Waals surface area contributed by atoms with Crippen molar-refractivity contribution in [2.24, 2.45) is 0 Å². The predicted octanol–water partition coefficient (Wildman–Crippen LogP) is 1.34. The number of nitrogens with zero attached hydrogens (tertiary/aromatic N) is 2. The van der Waals surface area contributed by atoms with Crippen LogP contribution in [0.15, 0.2) is 52.0 Å². The molecule has 0 radical (unpaired) electrons. The molecule has 0 unspecified atom stereocenters. The van der Waals surface area contributed by atoms with Gasteiger partial charge in [-0.05, 0) is 49.2 Å². The van der Waals surface area contributed by atoms with Gasteiger partial charge in [-0.25, -0.2) is 13.1 Å². The summed E-state index contributed by atoms with van der Waals surface area (Å²) in [4.78, 5) is 28.5. The number of carbonyl (C=O) groups is 2. The van der Waals surface area contributed by atoms with Gasteiger partial charge in [-0.1, -0.05) is 0 Å². The zero-order chi connectivity index (χ0) is 21.8. The summed E-state index contributed by atoms with van der Waals surface area (Å²) in [6.07, 6.45) is 3.15. The number of sulfonamides is 1. The highest BCUT2D eigenvalue weighted by atomic mass is 32.2. The molecule has 2 fully saturated rings. The van der Waals surface area contributed by atoms with E-state index in [-0.39, 0.29) is 35.1 Å². The van der Waals surface area contributed by atoms with Crippen LogP contribution in [-0.2, 0) is 14.8 Å². The second-order valence-electron chi connectivity index (χ2n) is 7.57. The molecule has 2 amide bonds. The maximum atomic E-state index is 12.8. The van der Waals surface area contributed by atoms with E-state index in [1.54, 1.807) is 21.9 Å². The van der Waals surface area contributed by atoms with Crippen LogP contribution in [0.25, 0.3) is 0 Å². The van der Waals surface area contributed by atoms with Gasteiger partial charge in [0.1, 0.15) is 0 Å². The summed E-state index contributed by atoms with van der Waals surface area (Å²) in [5, 5.41) is 0. The standard InChI is InChI=1S/C21H25N3O6S/c25-20(23-9-11-24(12-10-23)21(26)19-4-2-14-30-19)16-5-7-18(8-6-16)31(27,28)22-15-17-3-1-13-29-17/h2,4-8,14,17,22H,1,3,9-13,15H2/t17-/m0/s1. The fraction of sp³-hybridized carbons (Fsp3) is 0.429. The fourth-order valence-corrected chi connectivity index (χ4v) is 4.79. The number of furan rings is 1. The van der Waals surface area contributed by atoms with Crippen LogP contribution in [0.3, 0.4) is 0 Å². The van der Waals surface area contributed by atoms with Crippen molar-refractivity contribution in [3.05, 3.63) is 54.0 Å². The number of hydrogen-bond donors (Lipinski definition) is 1. The molecule has 2 saturated heterocycles. The lowest BCUT2D eigenvalue weighted by molar-refractivity contribution is 0.0518. The maximum Gasteiger partial charge on any atom is 0.289 e. The van der Waals surface area contributed by atoms with E-state index in [0.717, 1.165) is 12.8 Å². The van der Waals surface area contributed by atoms with Gasteiger partial charge in [0.25, 0.3) is 11.8 Å². The normalized spacial score (nSPS) is 19.5. The number of hydrogen-bond acceptors (Lipinski definition) is 6. The first-order valence-corrected chi connectivity index (χ1v) is 11.8. The van der Waals surface area contributed by atoms with E-state index in [1.807, 2.05) is 0 Å². The van der Waals surface area contributed by atoms with Gasteiger partial charge in [0.05, 0.1) is 17.3 Å². The van der Waals surface area contributed by atoms with E-state index < -0.39 is 10.0 Å². The molecule has 3 heterocycles. The number of ether oxygens (including phenoxy) is 1. The molecule has 1 atom stereocenters. The molecule has 0 bridgehead atoms. The first kappa shape index (κ1) is 21.5. The Labute approximate surface area is 181 Å². The number of carbonyl (C=O) groups excluding carboxylic acids is 2. The van der Waals surface area contributed by atoms with Gasteiger partial charge < -0.3 is 19.0 Å². The van der Waals surface area contributed by atoms with Gasteiger partial charge in [0.15, 0.2) is 5.76 Å². The van der Waals surface area contributed by atoms with E-state index in [9.17, 15) is 18.0 Å². The third-order valence-corrected chi connectivity index (χ3v) is 6.96. The van der Waals surface area contributed by atoms with Crippen LogP contribution in [0.1, 0.15) is 33.8 Å². The molecular weight excluding hydrogens is 422 g/mol. The van der Waals surface area contributed by atoms with Gasteiger partial charge in [-0.2, -0.15) is 0 Å². The molecular formula is C21H25N3O6S. The fourth-order valence-electron chi connectivity index (χ4n) is 3.72. The summed E-state index contributed by atoms with van der Waals surface area (Å²) in [5.41, 5.74) is 0.406. The Morgan fingerprint density at radius 1 is 1.00 bits per heavy atom. The molecule has 0 spiro atoms. The van der Waals surface area contributed by atoms with Crippen molar-refractivity contribution >= 4 is 21.8 Å². The van der Waals surface area contributed by atoms with Crippen LogP contribution in [0.2, 0.25) is 0 Å². The van der Waals surface area contributed by atoms with Crippen molar-refractivity contribution in [1.29, 1.82) is 0 Å². The minimum Gasteiger partial charge on any atom is -0.459 e. The van der Waals surface area contributed by atoms with Crippen molar-refractivity contribution in [3.63, 3.8) is 0 Å². The Morgan fingerprint density at radius 3 is 2.26 bits per heavy atom. The number of rotatable bonds is 6. The molecule has 10 heteroatoms. The predicted molar refractivity (Wildman–Crippen MR) is 111 cm³/mol. The largest absolute Gasteiger partial charge is 0.459 e. The third kappa shape index (κ3) is 4.97. The molecule has 31 heavy (non-hydrogen) atoms. The number of piperazine rings is 1. The van der Waals surface area contributed by atoms with Gasteiger partial charge in [0, 0.05) is 44.9 Å². The average Bonchev–Trinajstić information content (AvgIpc) is 3.51. The highest BCUT2D eigenvalue weighted by Crippen LogP contribution is 2.16. The topological polar surface area (TPSA) is 109 Å². The molecule has 1 aromatic carbocycles. The van der Waals surface area contributed by atoms with Crippen molar-refractivity contribution in [1.82, 2.24) is 14.5 Å². The van der Waals surface area contributed by atoms with Crippen molar-refractivity contribution in [3.8, 4) is 0 Å². The lowest BCUT2D eigenvalue weighted by Crippen LogP contribution is -2.50. The highest BCUT2D eigenvalue weighted by molar-refractivity contribution is 7.89. The first-order valence-electron chi connectivity index (χ1n) is 10.3. The molecule has 4 rings (SSSR count). The van der Waals surface area contributed by atoms with E-state index in [0.29, 0.717) is 38.3 Å². The number of benzene rings is 1. The highest BCUT2D eigenvalue weighted by Gasteiger charge is 2.27. The van der Waals surface area contributed by atoms with Crippen molar-refractivity contribution in [2.75, 3.05) is 39.3 Å². The van der Waals surface area contributed by atoms with Crippen LogP contribution in [0.4, 0.5) is 0 Å². The number of nitrogens with one attached hydrogen (secondary N) is 1. The molecule has 1 N–H and O–H groups in total. The maximum absolute atomic E-state index is 12.8. The zero-order valence-corrected chi connectivity index (χ0v) is 17.8. The quantitative estimate of drug-likeness (QED) is 0.716. The monoisotopic (exact) mass is 447 g/mol. The van der Waals surface area contributed by atoms with E-state index >= 15 is 0 Å². The van der Waals surface area contributed by atoms with Crippen LogP contribution in [0, 0.1) is 0 Å². The molecule has 9 nitrogen and oxygen atoms in total. The average molecular weight is 448 g/mol. The Kier molecular flexibility index (Phi) is 6.40. The Bertz CT molecular complexity index is 1010. The van der Waals surface area contributed by atoms with Gasteiger partial charge in [-0.3, -0.25) is 9.59 Å². The van der Waals surface area contributed by atoms with Gasteiger partial charge in [-0.15, -0.1) is 0 Å². The van der Waals surface area contributed by atoms with Crippen LogP contribution in [-0.4, -0.2) is 75.5 Å². The summed E-state index contributed by atoms with van der Waals surface area (Å²) in [5.74, 6) is -0.104. The number of amides is 2. The molecule has 2 aliphatic heterocycles. The molecule has 0 saturated carbocycles. The van der Waals surface area contributed by atoms with Crippen LogP contribution < -0.4 is 4.72 Å². The van der Waals surface area contributed by atoms with E-state index in [1.165, 1.54) is 30.5 Å².